The number of hydrogen-bond acceptors (Lipinski definition) is 6. The standard InChI is InChI=1S/C7H14N4O3S/c1-14-3-5-15(12,13)4-2-11-6-9-7(8)10-11/h6H,2-5H2,1H3,(H2,8,10). The first-order valence-corrected chi connectivity index (χ1v) is 6.20. The van der Waals surface area contributed by atoms with Gasteiger partial charge in [0, 0.05) is 7.11 Å². The molecule has 0 saturated carbocycles. The topological polar surface area (TPSA) is 100 Å². The summed E-state index contributed by atoms with van der Waals surface area (Å²) in [5.41, 5.74) is 5.29. The van der Waals surface area contributed by atoms with Crippen molar-refractivity contribution in [3.05, 3.63) is 6.33 Å². The van der Waals surface area contributed by atoms with Crippen molar-refractivity contribution in [2.45, 2.75) is 6.54 Å². The minimum atomic E-state index is -3.09. The summed E-state index contributed by atoms with van der Waals surface area (Å²) in [6.45, 7) is 0.470. The Morgan fingerprint density at radius 1 is 1.53 bits per heavy atom. The van der Waals surface area contributed by atoms with Crippen LogP contribution in [0, 0.1) is 0 Å². The normalized spacial score (nSPS) is 11.8. The van der Waals surface area contributed by atoms with E-state index in [1.807, 2.05) is 0 Å². The molecule has 1 rings (SSSR count). The van der Waals surface area contributed by atoms with Crippen LogP contribution >= 0.6 is 0 Å². The van der Waals surface area contributed by atoms with E-state index in [0.717, 1.165) is 0 Å². The number of sulfone groups is 1. The van der Waals surface area contributed by atoms with Crippen LogP contribution in [-0.4, -0.2) is 48.4 Å². The van der Waals surface area contributed by atoms with Crippen molar-refractivity contribution >= 4 is 15.8 Å². The molecule has 0 unspecified atom stereocenters. The number of aryl methyl sites for hydroxylation is 1. The van der Waals surface area contributed by atoms with E-state index in [1.54, 1.807) is 0 Å². The fraction of sp³-hybridized carbons (Fsp3) is 0.714. The molecule has 0 radical (unpaired) electrons. The van der Waals surface area contributed by atoms with Crippen LogP contribution in [0.2, 0.25) is 0 Å². The van der Waals surface area contributed by atoms with E-state index in [2.05, 4.69) is 10.1 Å². The number of aromatic nitrogens is 3. The molecule has 2 N–H and O–H groups in total. The van der Waals surface area contributed by atoms with E-state index in [4.69, 9.17) is 10.5 Å². The van der Waals surface area contributed by atoms with Gasteiger partial charge in [-0.15, -0.1) is 5.10 Å². The minimum Gasteiger partial charge on any atom is -0.384 e. The zero-order valence-corrected chi connectivity index (χ0v) is 9.27. The summed E-state index contributed by atoms with van der Waals surface area (Å²) in [4.78, 5) is 3.69. The van der Waals surface area contributed by atoms with Crippen molar-refractivity contribution < 1.29 is 13.2 Å². The molecule has 8 heteroatoms. The minimum absolute atomic E-state index is 0.0131. The largest absolute Gasteiger partial charge is 0.384 e. The predicted octanol–water partition coefficient (Wildman–Crippen LogP) is -1.08. The zero-order chi connectivity index (χ0) is 11.3. The number of anilines is 1. The molecule has 0 amide bonds. The monoisotopic (exact) mass is 234 g/mol. The third-order valence-corrected chi connectivity index (χ3v) is 3.38. The van der Waals surface area contributed by atoms with Crippen molar-refractivity contribution in [2.24, 2.45) is 0 Å². The van der Waals surface area contributed by atoms with Gasteiger partial charge in [-0.1, -0.05) is 0 Å². The number of methoxy groups -OCH3 is 1. The first-order chi connectivity index (χ1) is 7.03. The van der Waals surface area contributed by atoms with E-state index >= 15 is 0 Å². The zero-order valence-electron chi connectivity index (χ0n) is 8.46. The quantitative estimate of drug-likeness (QED) is 0.672. The van der Waals surface area contributed by atoms with Gasteiger partial charge in [-0.25, -0.2) is 18.1 Å². The van der Waals surface area contributed by atoms with Gasteiger partial charge in [0.1, 0.15) is 6.33 Å². The van der Waals surface area contributed by atoms with Crippen LogP contribution in [0.15, 0.2) is 6.33 Å². The molecule has 0 aromatic carbocycles. The summed E-state index contributed by atoms with van der Waals surface area (Å²) >= 11 is 0. The molecule has 0 aliphatic heterocycles. The third kappa shape index (κ3) is 4.26. The Labute approximate surface area is 88.2 Å². The molecule has 0 aliphatic carbocycles. The maximum atomic E-state index is 11.4. The summed E-state index contributed by atoms with van der Waals surface area (Å²) in [7, 11) is -1.62. The van der Waals surface area contributed by atoms with Gasteiger partial charge < -0.3 is 10.5 Å². The van der Waals surface area contributed by atoms with Gasteiger partial charge in [0.2, 0.25) is 5.95 Å². The molecular formula is C7H14N4O3S. The van der Waals surface area contributed by atoms with Crippen LogP contribution in [0.4, 0.5) is 5.95 Å². The van der Waals surface area contributed by atoms with Crippen LogP contribution in [0.25, 0.3) is 0 Å². The highest BCUT2D eigenvalue weighted by Gasteiger charge is 2.10. The fourth-order valence-corrected chi connectivity index (χ4v) is 2.05. The second-order valence-corrected chi connectivity index (χ2v) is 5.31. The summed E-state index contributed by atoms with van der Waals surface area (Å²) in [6, 6.07) is 0. The summed E-state index contributed by atoms with van der Waals surface area (Å²) in [5, 5.41) is 3.78. The second kappa shape index (κ2) is 5.08. The van der Waals surface area contributed by atoms with Crippen molar-refractivity contribution in [3.63, 3.8) is 0 Å². The van der Waals surface area contributed by atoms with E-state index in [9.17, 15) is 8.42 Å². The molecule has 1 aromatic rings. The Kier molecular flexibility index (Phi) is 4.04. The molecule has 7 nitrogen and oxygen atoms in total. The Bertz CT molecular complexity index is 400. The maximum absolute atomic E-state index is 11.4. The number of nitrogen functional groups attached to an aromatic ring is 1. The van der Waals surface area contributed by atoms with E-state index < -0.39 is 9.84 Å². The molecular weight excluding hydrogens is 220 g/mol. The van der Waals surface area contributed by atoms with E-state index in [0.29, 0.717) is 0 Å². The van der Waals surface area contributed by atoms with Crippen molar-refractivity contribution in [2.75, 3.05) is 31.0 Å². The van der Waals surface area contributed by atoms with Gasteiger partial charge >= 0.3 is 0 Å². The molecule has 1 heterocycles. The number of nitrogens with zero attached hydrogens (tertiary/aromatic N) is 3. The lowest BCUT2D eigenvalue weighted by Gasteiger charge is -2.03. The molecule has 1 aromatic heterocycles. The molecule has 86 valence electrons. The van der Waals surface area contributed by atoms with Gasteiger partial charge in [0.25, 0.3) is 0 Å². The summed E-state index contributed by atoms with van der Waals surface area (Å²) < 4.78 is 28.9. The van der Waals surface area contributed by atoms with Gasteiger partial charge in [-0.2, -0.15) is 0 Å². The Balaban J connectivity index is 2.42. The average molecular weight is 234 g/mol. The number of ether oxygens (including phenoxy) is 1. The fourth-order valence-electron chi connectivity index (χ4n) is 0.962. The Morgan fingerprint density at radius 3 is 2.80 bits per heavy atom. The predicted molar refractivity (Wildman–Crippen MR) is 55.0 cm³/mol. The third-order valence-electron chi connectivity index (χ3n) is 1.78. The Morgan fingerprint density at radius 2 is 2.27 bits per heavy atom. The van der Waals surface area contributed by atoms with Crippen LogP contribution in [0.5, 0.6) is 0 Å². The smallest absolute Gasteiger partial charge is 0.239 e. The lowest BCUT2D eigenvalue weighted by atomic mass is 10.8. The first-order valence-electron chi connectivity index (χ1n) is 4.38. The molecule has 0 fully saturated rings. The molecule has 15 heavy (non-hydrogen) atoms. The SMILES string of the molecule is COCCS(=O)(=O)CCn1cnc(N)n1. The molecule has 0 aliphatic rings. The van der Waals surface area contributed by atoms with Gasteiger partial charge in [0.15, 0.2) is 9.84 Å². The molecule has 0 bridgehead atoms. The van der Waals surface area contributed by atoms with Crippen molar-refractivity contribution in [1.82, 2.24) is 14.8 Å². The summed E-state index contributed by atoms with van der Waals surface area (Å²) in [5.74, 6) is 0.177. The number of nitrogens with two attached hydrogens (primary N) is 1. The van der Waals surface area contributed by atoms with Crippen molar-refractivity contribution in [1.29, 1.82) is 0 Å². The molecule has 0 saturated heterocycles. The van der Waals surface area contributed by atoms with Crippen LogP contribution in [0.3, 0.4) is 0 Å². The maximum Gasteiger partial charge on any atom is 0.239 e. The lowest BCUT2D eigenvalue weighted by Crippen LogP contribution is -2.19. The lowest BCUT2D eigenvalue weighted by molar-refractivity contribution is 0.217. The van der Waals surface area contributed by atoms with Gasteiger partial charge in [-0.3, -0.25) is 0 Å². The first kappa shape index (κ1) is 11.9. The van der Waals surface area contributed by atoms with Gasteiger partial charge in [-0.05, 0) is 0 Å². The highest BCUT2D eigenvalue weighted by Crippen LogP contribution is 1.95. The van der Waals surface area contributed by atoms with E-state index in [-0.39, 0.29) is 30.6 Å². The summed E-state index contributed by atoms with van der Waals surface area (Å²) in [6.07, 6.45) is 1.40. The second-order valence-electron chi connectivity index (χ2n) is 3.01. The molecule has 0 atom stereocenters. The number of rotatable bonds is 6. The molecule has 0 spiro atoms. The number of hydrogen-bond donors (Lipinski definition) is 1. The average Bonchev–Trinajstić information content (AvgIpc) is 2.59. The van der Waals surface area contributed by atoms with Gasteiger partial charge in [0.05, 0.1) is 24.7 Å². The van der Waals surface area contributed by atoms with Crippen molar-refractivity contribution in [3.8, 4) is 0 Å². The van der Waals surface area contributed by atoms with Crippen LogP contribution < -0.4 is 5.73 Å². The van der Waals surface area contributed by atoms with Crippen LogP contribution in [-0.2, 0) is 21.1 Å². The van der Waals surface area contributed by atoms with Crippen LogP contribution in [0.1, 0.15) is 0 Å². The van der Waals surface area contributed by atoms with E-state index in [1.165, 1.54) is 18.1 Å². The highest BCUT2D eigenvalue weighted by molar-refractivity contribution is 7.91. The highest BCUT2D eigenvalue weighted by atomic mass is 32.2. The Hall–Kier alpha value is -1.15.